The minimum atomic E-state index is -0.960. The number of halogens is 1. The highest BCUT2D eigenvalue weighted by Gasteiger charge is 2.13. The summed E-state index contributed by atoms with van der Waals surface area (Å²) in [5, 5.41) is 2.70. The number of hydrogen-bond acceptors (Lipinski definition) is 2. The zero-order valence-corrected chi connectivity index (χ0v) is 12.7. The standard InChI is InChI=1S/C16H16FNO2S/c1-11-12(10-21(2)20)6-5-9-15(11)18-16(19)13-7-3-4-8-14(13)17/h3-9H,10H2,1-2H3,(H,18,19)/t21-/m0/s1. The van der Waals surface area contributed by atoms with Gasteiger partial charge in [-0.1, -0.05) is 24.3 Å². The van der Waals surface area contributed by atoms with Gasteiger partial charge in [0.1, 0.15) is 5.82 Å². The maximum absolute atomic E-state index is 13.6. The van der Waals surface area contributed by atoms with Crippen LogP contribution < -0.4 is 5.32 Å². The fraction of sp³-hybridized carbons (Fsp3) is 0.188. The summed E-state index contributed by atoms with van der Waals surface area (Å²) < 4.78 is 24.9. The van der Waals surface area contributed by atoms with Crippen LogP contribution in [0.1, 0.15) is 21.5 Å². The molecule has 0 unspecified atom stereocenters. The first-order valence-electron chi connectivity index (χ1n) is 6.43. The van der Waals surface area contributed by atoms with E-state index >= 15 is 0 Å². The number of carbonyl (C=O) groups excluding carboxylic acids is 1. The molecule has 3 nitrogen and oxygen atoms in total. The Morgan fingerprint density at radius 1 is 1.19 bits per heavy atom. The minimum Gasteiger partial charge on any atom is -0.322 e. The van der Waals surface area contributed by atoms with Crippen LogP contribution in [0.3, 0.4) is 0 Å². The topological polar surface area (TPSA) is 46.2 Å². The molecule has 1 amide bonds. The maximum Gasteiger partial charge on any atom is 0.258 e. The number of amides is 1. The van der Waals surface area contributed by atoms with E-state index in [-0.39, 0.29) is 5.56 Å². The zero-order chi connectivity index (χ0) is 15.4. The Kier molecular flexibility index (Phi) is 4.85. The minimum absolute atomic E-state index is 0.00127. The van der Waals surface area contributed by atoms with Gasteiger partial charge in [0, 0.05) is 28.5 Å². The highest BCUT2D eigenvalue weighted by Crippen LogP contribution is 2.21. The van der Waals surface area contributed by atoms with Crippen molar-refractivity contribution in [2.45, 2.75) is 12.7 Å². The number of anilines is 1. The second-order valence-corrected chi connectivity index (χ2v) is 6.18. The van der Waals surface area contributed by atoms with Gasteiger partial charge in [-0.25, -0.2) is 4.39 Å². The predicted molar refractivity (Wildman–Crippen MR) is 83.3 cm³/mol. The van der Waals surface area contributed by atoms with E-state index in [1.165, 1.54) is 18.2 Å². The lowest BCUT2D eigenvalue weighted by atomic mass is 10.1. The number of hydrogen-bond donors (Lipinski definition) is 1. The summed E-state index contributed by atoms with van der Waals surface area (Å²) in [7, 11) is -0.960. The third-order valence-electron chi connectivity index (χ3n) is 3.17. The van der Waals surface area contributed by atoms with Crippen molar-refractivity contribution in [3.63, 3.8) is 0 Å². The van der Waals surface area contributed by atoms with Gasteiger partial charge in [0.2, 0.25) is 0 Å². The van der Waals surface area contributed by atoms with E-state index in [1.54, 1.807) is 24.5 Å². The van der Waals surface area contributed by atoms with E-state index in [9.17, 15) is 13.4 Å². The fourth-order valence-electron chi connectivity index (χ4n) is 2.03. The lowest BCUT2D eigenvalue weighted by Crippen LogP contribution is -2.15. The van der Waals surface area contributed by atoms with E-state index < -0.39 is 22.5 Å². The lowest BCUT2D eigenvalue weighted by molar-refractivity contribution is 0.102. The molecule has 0 radical (unpaired) electrons. The first kappa shape index (κ1) is 15.4. The Labute approximate surface area is 125 Å². The van der Waals surface area contributed by atoms with Crippen LogP contribution in [0.15, 0.2) is 42.5 Å². The summed E-state index contributed by atoms with van der Waals surface area (Å²) in [6, 6.07) is 11.2. The molecule has 2 aromatic rings. The molecule has 0 spiro atoms. The van der Waals surface area contributed by atoms with E-state index in [4.69, 9.17) is 0 Å². The summed E-state index contributed by atoms with van der Waals surface area (Å²) in [5.74, 6) is -0.626. The Bertz CT molecular complexity index is 700. The molecule has 0 aliphatic rings. The van der Waals surface area contributed by atoms with Crippen molar-refractivity contribution >= 4 is 22.4 Å². The van der Waals surface area contributed by atoms with Crippen molar-refractivity contribution in [1.82, 2.24) is 0 Å². The summed E-state index contributed by atoms with van der Waals surface area (Å²) in [5.41, 5.74) is 2.35. The SMILES string of the molecule is Cc1c(C[S@](C)=O)cccc1NC(=O)c1ccccc1F. The Hall–Kier alpha value is -2.01. The number of nitrogens with one attached hydrogen (secondary N) is 1. The first-order chi connectivity index (χ1) is 9.99. The predicted octanol–water partition coefficient (Wildman–Crippen LogP) is 3.26. The van der Waals surface area contributed by atoms with Crippen molar-refractivity contribution in [1.29, 1.82) is 0 Å². The largest absolute Gasteiger partial charge is 0.322 e. The number of benzene rings is 2. The summed E-state index contributed by atoms with van der Waals surface area (Å²) >= 11 is 0. The van der Waals surface area contributed by atoms with Crippen LogP contribution in [-0.2, 0) is 16.6 Å². The third-order valence-corrected chi connectivity index (χ3v) is 3.89. The molecule has 0 saturated heterocycles. The second kappa shape index (κ2) is 6.63. The van der Waals surface area contributed by atoms with Crippen molar-refractivity contribution in [3.8, 4) is 0 Å². The molecule has 5 heteroatoms. The quantitative estimate of drug-likeness (QED) is 0.942. The number of rotatable bonds is 4. The summed E-state index contributed by atoms with van der Waals surface area (Å²) in [6.45, 7) is 1.85. The molecule has 0 fully saturated rings. The van der Waals surface area contributed by atoms with Gasteiger partial charge >= 0.3 is 0 Å². The smallest absolute Gasteiger partial charge is 0.258 e. The van der Waals surface area contributed by atoms with Crippen LogP contribution in [0.2, 0.25) is 0 Å². The Morgan fingerprint density at radius 2 is 1.90 bits per heavy atom. The molecule has 0 saturated carbocycles. The lowest BCUT2D eigenvalue weighted by Gasteiger charge is -2.12. The molecule has 21 heavy (non-hydrogen) atoms. The molecule has 0 heterocycles. The van der Waals surface area contributed by atoms with Crippen molar-refractivity contribution in [2.24, 2.45) is 0 Å². The van der Waals surface area contributed by atoms with Crippen LogP contribution in [0.25, 0.3) is 0 Å². The monoisotopic (exact) mass is 305 g/mol. The highest BCUT2D eigenvalue weighted by atomic mass is 32.2. The molecule has 2 aromatic carbocycles. The highest BCUT2D eigenvalue weighted by molar-refractivity contribution is 7.83. The van der Waals surface area contributed by atoms with Gasteiger partial charge < -0.3 is 5.32 Å². The molecule has 2 rings (SSSR count). The van der Waals surface area contributed by atoms with E-state index in [1.807, 2.05) is 13.0 Å². The molecular weight excluding hydrogens is 289 g/mol. The third kappa shape index (κ3) is 3.76. The van der Waals surface area contributed by atoms with E-state index in [2.05, 4.69) is 5.32 Å². The van der Waals surface area contributed by atoms with Gasteiger partial charge in [0.15, 0.2) is 0 Å². The fourth-order valence-corrected chi connectivity index (χ4v) is 2.78. The molecule has 0 aliphatic carbocycles. The van der Waals surface area contributed by atoms with Gasteiger partial charge in [-0.3, -0.25) is 9.00 Å². The van der Waals surface area contributed by atoms with Crippen LogP contribution in [0.5, 0.6) is 0 Å². The summed E-state index contributed by atoms with van der Waals surface area (Å²) in [4.78, 5) is 12.1. The molecule has 110 valence electrons. The van der Waals surface area contributed by atoms with Gasteiger partial charge in [0.05, 0.1) is 5.56 Å². The van der Waals surface area contributed by atoms with Crippen molar-refractivity contribution in [2.75, 3.05) is 11.6 Å². The zero-order valence-electron chi connectivity index (χ0n) is 11.9. The van der Waals surface area contributed by atoms with Crippen LogP contribution in [-0.4, -0.2) is 16.4 Å². The Morgan fingerprint density at radius 3 is 2.57 bits per heavy atom. The van der Waals surface area contributed by atoms with Gasteiger partial charge in [0.25, 0.3) is 5.91 Å². The second-order valence-electron chi connectivity index (χ2n) is 4.74. The molecule has 1 atom stereocenters. The Balaban J connectivity index is 2.26. The van der Waals surface area contributed by atoms with E-state index in [0.29, 0.717) is 11.4 Å². The van der Waals surface area contributed by atoms with Crippen LogP contribution in [0.4, 0.5) is 10.1 Å². The van der Waals surface area contributed by atoms with Crippen LogP contribution in [0, 0.1) is 12.7 Å². The van der Waals surface area contributed by atoms with Gasteiger partial charge in [-0.2, -0.15) is 0 Å². The van der Waals surface area contributed by atoms with E-state index in [0.717, 1.165) is 11.1 Å². The molecular formula is C16H16FNO2S. The average molecular weight is 305 g/mol. The first-order valence-corrected chi connectivity index (χ1v) is 8.16. The normalized spacial score (nSPS) is 12.0. The van der Waals surface area contributed by atoms with Gasteiger partial charge in [-0.05, 0) is 36.2 Å². The summed E-state index contributed by atoms with van der Waals surface area (Å²) in [6.07, 6.45) is 1.63. The molecule has 0 aromatic heterocycles. The van der Waals surface area contributed by atoms with Crippen molar-refractivity contribution in [3.05, 3.63) is 65.0 Å². The molecule has 0 aliphatic heterocycles. The van der Waals surface area contributed by atoms with Crippen molar-refractivity contribution < 1.29 is 13.4 Å². The molecule has 1 N–H and O–H groups in total. The number of carbonyl (C=O) groups is 1. The van der Waals surface area contributed by atoms with Crippen LogP contribution >= 0.6 is 0 Å². The maximum atomic E-state index is 13.6. The van der Waals surface area contributed by atoms with Gasteiger partial charge in [-0.15, -0.1) is 0 Å². The molecule has 0 bridgehead atoms. The average Bonchev–Trinajstić information content (AvgIpc) is 2.43.